The summed E-state index contributed by atoms with van der Waals surface area (Å²) >= 11 is 0. The van der Waals surface area contributed by atoms with E-state index in [-0.39, 0.29) is 25.3 Å². The van der Waals surface area contributed by atoms with Crippen molar-refractivity contribution >= 4 is 17.5 Å². The molecule has 0 aromatic heterocycles. The van der Waals surface area contributed by atoms with E-state index in [4.69, 9.17) is 9.57 Å². The molecule has 2 bridgehead atoms. The maximum absolute atomic E-state index is 12.7. The molecule has 3 saturated heterocycles. The Bertz CT molecular complexity index is 815. The van der Waals surface area contributed by atoms with Crippen molar-refractivity contribution in [1.29, 1.82) is 0 Å². The number of nitrogens with one attached hydrogen (secondary N) is 2. The number of ether oxygens (including phenoxy) is 1. The summed E-state index contributed by atoms with van der Waals surface area (Å²) in [6.07, 6.45) is -2.14. The average Bonchev–Trinajstić information content (AvgIpc) is 2.69. The van der Waals surface area contributed by atoms with Gasteiger partial charge in [-0.25, -0.2) is 0 Å². The van der Waals surface area contributed by atoms with Crippen molar-refractivity contribution in [3.05, 3.63) is 35.9 Å². The fourth-order valence-electron chi connectivity index (χ4n) is 3.09. The number of oxime groups is 1. The van der Waals surface area contributed by atoms with Gasteiger partial charge in [-0.1, -0.05) is 35.5 Å². The van der Waals surface area contributed by atoms with Crippen LogP contribution in [-0.2, 0) is 25.8 Å². The molecular weight excluding hydrogens is 386 g/mol. The van der Waals surface area contributed by atoms with Crippen LogP contribution in [0.5, 0.6) is 0 Å². The van der Waals surface area contributed by atoms with Gasteiger partial charge in [-0.3, -0.25) is 9.59 Å². The summed E-state index contributed by atoms with van der Waals surface area (Å²) in [5.74, 6) is -2.25. The minimum absolute atomic E-state index is 0.0683. The molecule has 3 fully saturated rings. The number of piperazine rings is 1. The molecule has 3 aliphatic rings. The Morgan fingerprint density at radius 1 is 1.28 bits per heavy atom. The summed E-state index contributed by atoms with van der Waals surface area (Å²) in [5, 5.41) is 48.7. The zero-order chi connectivity index (χ0) is 21.3. The van der Waals surface area contributed by atoms with Gasteiger partial charge in [0.2, 0.25) is 0 Å². The van der Waals surface area contributed by atoms with Crippen molar-refractivity contribution in [2.75, 3.05) is 13.2 Å². The Morgan fingerprint density at radius 3 is 2.62 bits per heavy atom. The number of fused-ring (bicyclic) bond motifs is 5. The lowest BCUT2D eigenvalue weighted by atomic mass is 9.85. The topological polar surface area (TPSA) is 170 Å². The van der Waals surface area contributed by atoms with E-state index in [1.54, 1.807) is 12.1 Å². The second-order valence-corrected chi connectivity index (χ2v) is 7.17. The van der Waals surface area contributed by atoms with Crippen molar-refractivity contribution < 1.29 is 39.6 Å². The van der Waals surface area contributed by atoms with E-state index in [1.165, 1.54) is 0 Å². The number of aliphatic hydroxyl groups is 4. The van der Waals surface area contributed by atoms with Crippen molar-refractivity contribution in [2.24, 2.45) is 5.16 Å². The maximum Gasteiger partial charge on any atom is 0.282 e. The van der Waals surface area contributed by atoms with Crippen LogP contribution in [0.1, 0.15) is 18.9 Å². The Morgan fingerprint density at radius 2 is 1.97 bits per heavy atom. The zero-order valence-electron chi connectivity index (χ0n) is 15.7. The van der Waals surface area contributed by atoms with Crippen LogP contribution >= 0.6 is 0 Å². The summed E-state index contributed by atoms with van der Waals surface area (Å²) in [7, 11) is 0. The molecule has 0 radical (unpaired) electrons. The van der Waals surface area contributed by atoms with Crippen molar-refractivity contribution in [1.82, 2.24) is 10.6 Å². The lowest BCUT2D eigenvalue weighted by molar-refractivity contribution is -0.227. The Hall–Kier alpha value is -2.57. The minimum Gasteiger partial charge on any atom is -0.393 e. The van der Waals surface area contributed by atoms with Crippen LogP contribution in [0.4, 0.5) is 0 Å². The van der Waals surface area contributed by atoms with Gasteiger partial charge in [-0.05, 0) is 12.5 Å². The van der Waals surface area contributed by atoms with E-state index in [0.29, 0.717) is 0 Å². The predicted octanol–water partition coefficient (Wildman–Crippen LogP) is -2.29. The van der Waals surface area contributed by atoms with Crippen molar-refractivity contribution in [2.45, 2.75) is 43.1 Å². The second-order valence-electron chi connectivity index (χ2n) is 7.17. The molecule has 158 valence electrons. The van der Waals surface area contributed by atoms with Crippen molar-refractivity contribution in [3.63, 3.8) is 0 Å². The number of aliphatic hydroxyl groups excluding tert-OH is 2. The highest BCUT2D eigenvalue weighted by Crippen LogP contribution is 2.30. The number of benzene rings is 1. The highest BCUT2D eigenvalue weighted by Gasteiger charge is 2.64. The molecule has 4 rings (SSSR count). The smallest absolute Gasteiger partial charge is 0.282 e. The molecular formula is C18H23N3O8. The number of nitrogens with zero attached hydrogens (tertiary/aromatic N) is 1. The fourth-order valence-corrected chi connectivity index (χ4v) is 3.09. The quantitative estimate of drug-likeness (QED) is 0.285. The molecule has 3 heterocycles. The first kappa shape index (κ1) is 21.1. The highest BCUT2D eigenvalue weighted by molar-refractivity contribution is 6.17. The van der Waals surface area contributed by atoms with Crippen LogP contribution in [0.25, 0.3) is 0 Å². The Labute approximate surface area is 165 Å². The SMILES string of the molecule is C[C@](O)(CO)[C@H](O)[C@@]12NC(=O)[C@@](O)(NC1=O)/C(=N\OCc1ccccc1)CCO2. The molecule has 29 heavy (non-hydrogen) atoms. The lowest BCUT2D eigenvalue weighted by Crippen LogP contribution is -2.84. The van der Waals surface area contributed by atoms with Gasteiger partial charge in [0.25, 0.3) is 23.3 Å². The van der Waals surface area contributed by atoms with Crippen LogP contribution in [0.15, 0.2) is 35.5 Å². The number of carbonyl (C=O) groups excluding carboxylic acids is 2. The van der Waals surface area contributed by atoms with Gasteiger partial charge >= 0.3 is 0 Å². The Balaban J connectivity index is 1.84. The number of hydrogen-bond donors (Lipinski definition) is 6. The van der Waals surface area contributed by atoms with Crippen LogP contribution in [-0.4, -0.2) is 74.3 Å². The molecule has 2 amide bonds. The minimum atomic E-state index is -2.52. The third-order valence-electron chi connectivity index (χ3n) is 4.89. The average molecular weight is 409 g/mol. The first-order chi connectivity index (χ1) is 13.7. The normalized spacial score (nSPS) is 31.3. The molecule has 1 aromatic carbocycles. The van der Waals surface area contributed by atoms with Crippen molar-refractivity contribution in [3.8, 4) is 0 Å². The molecule has 0 saturated carbocycles. The third kappa shape index (κ3) is 3.70. The molecule has 0 aliphatic carbocycles. The number of rotatable bonds is 6. The molecule has 6 N–H and O–H groups in total. The van der Waals surface area contributed by atoms with Gasteiger partial charge in [0.05, 0.1) is 13.2 Å². The largest absolute Gasteiger partial charge is 0.393 e. The summed E-state index contributed by atoms with van der Waals surface area (Å²) < 4.78 is 5.42. The third-order valence-corrected chi connectivity index (χ3v) is 4.89. The number of carbonyl (C=O) groups is 2. The van der Waals surface area contributed by atoms with Crippen LogP contribution in [0.2, 0.25) is 0 Å². The molecule has 0 spiro atoms. The summed E-state index contributed by atoms with van der Waals surface area (Å²) in [6.45, 7) is -0.0210. The summed E-state index contributed by atoms with van der Waals surface area (Å²) in [6, 6.07) is 9.05. The van der Waals surface area contributed by atoms with E-state index >= 15 is 0 Å². The maximum atomic E-state index is 12.7. The van der Waals surface area contributed by atoms with Gasteiger partial charge in [-0.15, -0.1) is 0 Å². The van der Waals surface area contributed by atoms with Crippen LogP contribution in [0.3, 0.4) is 0 Å². The standard InChI is InChI=1S/C18H23N3O8/c1-16(26,10-22)13(23)18-15(25)19-17(27,14(24)20-18)12(7-8-28-18)21-29-9-11-5-3-2-4-6-11/h2-6,13,22-23,26-27H,7-10H2,1H3,(H,19,25)(H,20,24)/b21-12-/t13-,16-,17+,18-/m0/s1. The van der Waals surface area contributed by atoms with Gasteiger partial charge in [0.1, 0.15) is 24.0 Å². The molecule has 11 heteroatoms. The summed E-state index contributed by atoms with van der Waals surface area (Å²) in [5.41, 5.74) is -6.49. The van der Waals surface area contributed by atoms with Gasteiger partial charge in [0.15, 0.2) is 0 Å². The van der Waals surface area contributed by atoms with Crippen LogP contribution in [0, 0.1) is 0 Å². The monoisotopic (exact) mass is 409 g/mol. The lowest BCUT2D eigenvalue weighted by Gasteiger charge is -2.49. The van der Waals surface area contributed by atoms with E-state index in [9.17, 15) is 30.0 Å². The first-order valence-electron chi connectivity index (χ1n) is 8.92. The molecule has 3 aliphatic heterocycles. The zero-order valence-corrected chi connectivity index (χ0v) is 15.7. The molecule has 11 nitrogen and oxygen atoms in total. The Kier molecular flexibility index (Phi) is 5.61. The number of amides is 2. The van der Waals surface area contributed by atoms with Gasteiger partial charge < -0.3 is 40.6 Å². The van der Waals surface area contributed by atoms with Gasteiger partial charge in [0, 0.05) is 6.42 Å². The molecule has 4 atom stereocenters. The van der Waals surface area contributed by atoms with Gasteiger partial charge in [-0.2, -0.15) is 0 Å². The summed E-state index contributed by atoms with van der Waals surface area (Å²) in [4.78, 5) is 30.5. The van der Waals surface area contributed by atoms with E-state index < -0.39 is 41.6 Å². The van der Waals surface area contributed by atoms with E-state index in [1.807, 2.05) is 18.2 Å². The van der Waals surface area contributed by atoms with E-state index in [0.717, 1.165) is 12.5 Å². The fraction of sp³-hybridized carbons (Fsp3) is 0.500. The highest BCUT2D eigenvalue weighted by atomic mass is 16.6. The first-order valence-corrected chi connectivity index (χ1v) is 8.92. The van der Waals surface area contributed by atoms with Crippen LogP contribution < -0.4 is 10.6 Å². The predicted molar refractivity (Wildman–Crippen MR) is 96.9 cm³/mol. The number of hydrogen-bond acceptors (Lipinski definition) is 9. The molecule has 0 unspecified atom stereocenters. The second kappa shape index (κ2) is 7.69. The van der Waals surface area contributed by atoms with E-state index in [2.05, 4.69) is 15.8 Å². The molecule has 1 aromatic rings.